The Morgan fingerprint density at radius 2 is 1.71 bits per heavy atom. The van der Waals surface area contributed by atoms with E-state index >= 15 is 0 Å². The molecule has 2 aliphatic rings. The molecule has 4 rings (SSSR count). The first-order chi connectivity index (χ1) is 13.5. The third-order valence-electron chi connectivity index (χ3n) is 6.16. The van der Waals surface area contributed by atoms with Gasteiger partial charge in [0.05, 0.1) is 6.04 Å². The van der Waals surface area contributed by atoms with Crippen LogP contribution >= 0.6 is 0 Å². The number of rotatable bonds is 4. The number of ketones is 1. The van der Waals surface area contributed by atoms with Gasteiger partial charge in [-0.25, -0.2) is 4.39 Å². The van der Waals surface area contributed by atoms with Gasteiger partial charge in [0.25, 0.3) is 5.91 Å². The van der Waals surface area contributed by atoms with Crippen molar-refractivity contribution in [2.45, 2.75) is 31.3 Å². The Morgan fingerprint density at radius 3 is 2.39 bits per heavy atom. The van der Waals surface area contributed by atoms with Crippen LogP contribution in [0.3, 0.4) is 0 Å². The monoisotopic (exact) mass is 380 g/mol. The predicted octanol–water partition coefficient (Wildman–Crippen LogP) is 3.21. The maximum atomic E-state index is 13.5. The second-order valence-corrected chi connectivity index (χ2v) is 8.05. The maximum Gasteiger partial charge on any atom is 0.291 e. The van der Waals surface area contributed by atoms with Crippen LogP contribution in [-0.4, -0.2) is 48.2 Å². The lowest BCUT2D eigenvalue weighted by atomic mass is 9.76. The summed E-state index contributed by atoms with van der Waals surface area (Å²) in [6.07, 6.45) is 2.20. The lowest BCUT2D eigenvalue weighted by Crippen LogP contribution is -2.50. The van der Waals surface area contributed by atoms with Crippen molar-refractivity contribution in [1.29, 1.82) is 0 Å². The second-order valence-electron chi connectivity index (χ2n) is 8.05. The van der Waals surface area contributed by atoms with Crippen LogP contribution in [0.2, 0.25) is 0 Å². The first-order valence-electron chi connectivity index (χ1n) is 9.80. The molecule has 1 fully saturated rings. The third kappa shape index (κ3) is 3.35. The Kier molecular flexibility index (Phi) is 5.02. The third-order valence-corrected chi connectivity index (χ3v) is 6.16. The number of hydrogen-bond acceptors (Lipinski definition) is 3. The Morgan fingerprint density at radius 1 is 1.04 bits per heavy atom. The molecule has 1 aliphatic carbocycles. The van der Waals surface area contributed by atoms with Gasteiger partial charge in [-0.05, 0) is 62.2 Å². The molecule has 0 aromatic heterocycles. The van der Waals surface area contributed by atoms with E-state index in [1.165, 1.54) is 17.7 Å². The molecule has 1 saturated carbocycles. The van der Waals surface area contributed by atoms with Crippen molar-refractivity contribution in [3.63, 3.8) is 0 Å². The number of fused-ring (bicyclic) bond motifs is 1. The Bertz CT molecular complexity index is 888. The van der Waals surface area contributed by atoms with Crippen molar-refractivity contribution in [1.82, 2.24) is 9.80 Å². The van der Waals surface area contributed by atoms with E-state index in [0.717, 1.165) is 30.4 Å². The van der Waals surface area contributed by atoms with E-state index in [1.54, 1.807) is 17.0 Å². The van der Waals surface area contributed by atoms with Crippen LogP contribution < -0.4 is 0 Å². The summed E-state index contributed by atoms with van der Waals surface area (Å²) in [7, 11) is 4.00. The van der Waals surface area contributed by atoms with E-state index in [2.05, 4.69) is 11.0 Å². The standard InChI is InChI=1S/C23H25FN2O2/c1-25(2)19-13-17(14-19)22(27)23(28)26-12-11-15-5-3-4-6-20(15)21(26)16-7-9-18(24)10-8-16/h3-10,17,19,21H,11-14H2,1-2H3/t17?,19?,21-/m0/s1. The average molecular weight is 380 g/mol. The highest BCUT2D eigenvalue weighted by Gasteiger charge is 2.42. The topological polar surface area (TPSA) is 40.6 Å². The molecule has 0 spiro atoms. The molecule has 146 valence electrons. The van der Waals surface area contributed by atoms with Gasteiger partial charge in [-0.2, -0.15) is 0 Å². The highest BCUT2D eigenvalue weighted by molar-refractivity contribution is 6.37. The molecule has 0 saturated heterocycles. The van der Waals surface area contributed by atoms with Crippen LogP contribution in [0.25, 0.3) is 0 Å². The fourth-order valence-electron chi connectivity index (χ4n) is 4.33. The molecule has 1 atom stereocenters. The molecule has 5 heteroatoms. The summed E-state index contributed by atoms with van der Waals surface area (Å²) in [6.45, 7) is 0.494. The fraction of sp³-hybridized carbons (Fsp3) is 0.391. The van der Waals surface area contributed by atoms with E-state index in [-0.39, 0.29) is 23.6 Å². The van der Waals surface area contributed by atoms with E-state index in [0.29, 0.717) is 12.6 Å². The van der Waals surface area contributed by atoms with Gasteiger partial charge in [0.15, 0.2) is 0 Å². The second kappa shape index (κ2) is 7.47. The number of carbonyl (C=O) groups excluding carboxylic acids is 2. The van der Waals surface area contributed by atoms with Gasteiger partial charge in [-0.1, -0.05) is 36.4 Å². The van der Waals surface area contributed by atoms with E-state index in [4.69, 9.17) is 0 Å². The van der Waals surface area contributed by atoms with Crippen LogP contribution in [0, 0.1) is 11.7 Å². The summed E-state index contributed by atoms with van der Waals surface area (Å²) in [5, 5.41) is 0. The van der Waals surface area contributed by atoms with Crippen molar-refractivity contribution in [2.24, 2.45) is 5.92 Å². The molecule has 4 nitrogen and oxygen atoms in total. The van der Waals surface area contributed by atoms with Crippen molar-refractivity contribution in [3.8, 4) is 0 Å². The van der Waals surface area contributed by atoms with E-state index in [1.807, 2.05) is 32.3 Å². The van der Waals surface area contributed by atoms with Crippen LogP contribution in [0.15, 0.2) is 48.5 Å². The first-order valence-corrected chi connectivity index (χ1v) is 9.80. The minimum Gasteiger partial charge on any atom is -0.325 e. The summed E-state index contributed by atoms with van der Waals surface area (Å²) >= 11 is 0. The predicted molar refractivity (Wildman–Crippen MR) is 105 cm³/mol. The molecule has 0 bridgehead atoms. The number of nitrogens with zero attached hydrogens (tertiary/aromatic N) is 2. The maximum absolute atomic E-state index is 13.5. The van der Waals surface area contributed by atoms with Crippen LogP contribution in [-0.2, 0) is 16.0 Å². The van der Waals surface area contributed by atoms with Gasteiger partial charge in [-0.15, -0.1) is 0 Å². The molecule has 0 unspecified atom stereocenters. The molecule has 1 amide bonds. The highest BCUT2D eigenvalue weighted by atomic mass is 19.1. The molecule has 0 radical (unpaired) electrons. The molecule has 1 aliphatic heterocycles. The average Bonchev–Trinajstić information content (AvgIpc) is 2.65. The van der Waals surface area contributed by atoms with E-state index in [9.17, 15) is 14.0 Å². The molecule has 0 N–H and O–H groups in total. The summed E-state index contributed by atoms with van der Waals surface area (Å²) in [5.74, 6) is -1.20. The van der Waals surface area contributed by atoms with Gasteiger partial charge < -0.3 is 9.80 Å². The number of amides is 1. The van der Waals surface area contributed by atoms with Crippen molar-refractivity contribution < 1.29 is 14.0 Å². The largest absolute Gasteiger partial charge is 0.325 e. The molecule has 2 aromatic carbocycles. The van der Waals surface area contributed by atoms with Crippen LogP contribution in [0.1, 0.15) is 35.6 Å². The van der Waals surface area contributed by atoms with Gasteiger partial charge in [0, 0.05) is 18.5 Å². The molecule has 2 aromatic rings. The minimum absolute atomic E-state index is 0.189. The molecular formula is C23H25FN2O2. The highest BCUT2D eigenvalue weighted by Crippen LogP contribution is 2.37. The molecule has 28 heavy (non-hydrogen) atoms. The quantitative estimate of drug-likeness (QED) is 0.765. The fourth-order valence-corrected chi connectivity index (χ4v) is 4.33. The number of hydrogen-bond donors (Lipinski definition) is 0. The van der Waals surface area contributed by atoms with Crippen molar-refractivity contribution >= 4 is 11.7 Å². The molecule has 1 heterocycles. The Labute approximate surface area is 164 Å². The van der Waals surface area contributed by atoms with Gasteiger partial charge in [0.2, 0.25) is 5.78 Å². The Balaban J connectivity index is 1.62. The molecular weight excluding hydrogens is 355 g/mol. The van der Waals surface area contributed by atoms with Gasteiger partial charge >= 0.3 is 0 Å². The summed E-state index contributed by atoms with van der Waals surface area (Å²) < 4.78 is 13.5. The summed E-state index contributed by atoms with van der Waals surface area (Å²) in [6, 6.07) is 14.2. The number of benzene rings is 2. The zero-order chi connectivity index (χ0) is 19.8. The smallest absolute Gasteiger partial charge is 0.291 e. The first kappa shape index (κ1) is 18.8. The lowest BCUT2D eigenvalue weighted by Gasteiger charge is -2.41. The number of carbonyl (C=O) groups is 2. The zero-order valence-electron chi connectivity index (χ0n) is 16.3. The van der Waals surface area contributed by atoms with Crippen molar-refractivity contribution in [2.75, 3.05) is 20.6 Å². The van der Waals surface area contributed by atoms with E-state index < -0.39 is 5.91 Å². The lowest BCUT2D eigenvalue weighted by molar-refractivity contribution is -0.150. The minimum atomic E-state index is -0.411. The van der Waals surface area contributed by atoms with Crippen LogP contribution in [0.4, 0.5) is 4.39 Å². The Hall–Kier alpha value is -2.53. The number of Topliss-reactive ketones (excluding diaryl/α,β-unsaturated/α-hetero) is 1. The van der Waals surface area contributed by atoms with Crippen molar-refractivity contribution in [3.05, 3.63) is 71.0 Å². The summed E-state index contributed by atoms with van der Waals surface area (Å²) in [4.78, 5) is 29.8. The van der Waals surface area contributed by atoms with Gasteiger partial charge in [0.1, 0.15) is 5.82 Å². The zero-order valence-corrected chi connectivity index (χ0v) is 16.3. The van der Waals surface area contributed by atoms with Gasteiger partial charge in [-0.3, -0.25) is 9.59 Å². The summed E-state index contributed by atoms with van der Waals surface area (Å²) in [5.41, 5.74) is 3.01. The normalized spacial score (nSPS) is 23.9. The van der Waals surface area contributed by atoms with Crippen LogP contribution in [0.5, 0.6) is 0 Å². The SMILES string of the molecule is CN(C)C1CC(C(=O)C(=O)N2CCc3ccccc3[C@@H]2c2ccc(F)cc2)C1. The number of halogens is 1.